The molecule has 90 valence electrons. The molecule has 0 saturated heterocycles. The van der Waals surface area contributed by atoms with Crippen LogP contribution in [0.4, 0.5) is 0 Å². The van der Waals surface area contributed by atoms with Crippen molar-refractivity contribution in [2.75, 3.05) is 6.54 Å². The van der Waals surface area contributed by atoms with E-state index in [1.807, 2.05) is 6.92 Å². The van der Waals surface area contributed by atoms with Gasteiger partial charge < -0.3 is 10.4 Å². The predicted molar refractivity (Wildman–Crippen MR) is 69.8 cm³/mol. The zero-order valence-electron chi connectivity index (χ0n) is 9.11. The largest absolute Gasteiger partial charge is 0.507 e. The number of halogens is 1. The van der Waals surface area contributed by atoms with Gasteiger partial charge in [-0.2, -0.15) is 0 Å². The van der Waals surface area contributed by atoms with E-state index >= 15 is 0 Å². The Morgan fingerprint density at radius 1 is 1.65 bits per heavy atom. The highest BCUT2D eigenvalue weighted by Crippen LogP contribution is 2.24. The number of nitrogens with one attached hydrogen (secondary N) is 1. The first kappa shape index (κ1) is 12.3. The fourth-order valence-electron chi connectivity index (χ4n) is 1.42. The number of benzene rings is 1. The Morgan fingerprint density at radius 2 is 2.41 bits per heavy atom. The van der Waals surface area contributed by atoms with Gasteiger partial charge in [0.25, 0.3) is 5.91 Å². The van der Waals surface area contributed by atoms with Gasteiger partial charge in [0.15, 0.2) is 5.17 Å². The molecule has 0 spiro atoms. The Labute approximate surface area is 108 Å². The van der Waals surface area contributed by atoms with E-state index in [0.29, 0.717) is 11.7 Å². The zero-order chi connectivity index (χ0) is 12.4. The summed E-state index contributed by atoms with van der Waals surface area (Å²) in [4.78, 5) is 15.9. The van der Waals surface area contributed by atoms with E-state index in [2.05, 4.69) is 10.3 Å². The quantitative estimate of drug-likeness (QED) is 0.768. The molecular weight excluding hydrogens is 260 g/mol. The number of phenolic OH excluding ortho intramolecular Hbond substituents is 1. The van der Waals surface area contributed by atoms with E-state index in [1.165, 1.54) is 17.8 Å². The van der Waals surface area contributed by atoms with Crippen LogP contribution >= 0.6 is 23.4 Å². The van der Waals surface area contributed by atoms with Gasteiger partial charge in [-0.15, -0.1) is 11.6 Å². The maximum atomic E-state index is 11.9. The number of aromatic hydroxyl groups is 1. The lowest BCUT2D eigenvalue weighted by atomic mass is 10.1. The molecule has 2 N–H and O–H groups in total. The fraction of sp³-hybridized carbons (Fsp3) is 0.273. The molecule has 0 radical (unpaired) electrons. The molecule has 0 bridgehead atoms. The third-order valence-electron chi connectivity index (χ3n) is 2.24. The number of amidine groups is 1. The van der Waals surface area contributed by atoms with Gasteiger partial charge in [0.05, 0.1) is 12.1 Å². The summed E-state index contributed by atoms with van der Waals surface area (Å²) in [6.07, 6.45) is 0. The maximum Gasteiger partial charge on any atom is 0.260 e. The average Bonchev–Trinajstić information content (AvgIpc) is 2.67. The number of carbonyl (C=O) groups excluding carboxylic acids is 1. The minimum atomic E-state index is -0.372. The molecule has 0 fully saturated rings. The summed E-state index contributed by atoms with van der Waals surface area (Å²) in [7, 11) is 0. The van der Waals surface area contributed by atoms with Crippen molar-refractivity contribution in [3.63, 3.8) is 0 Å². The van der Waals surface area contributed by atoms with Gasteiger partial charge in [-0.3, -0.25) is 9.79 Å². The van der Waals surface area contributed by atoms with E-state index in [1.54, 1.807) is 12.1 Å². The van der Waals surface area contributed by atoms with Crippen molar-refractivity contribution in [1.29, 1.82) is 0 Å². The highest BCUT2D eigenvalue weighted by Gasteiger charge is 2.20. The summed E-state index contributed by atoms with van der Waals surface area (Å²) in [6.45, 7) is 2.34. The van der Waals surface area contributed by atoms with Gasteiger partial charge in [-0.1, -0.05) is 23.4 Å². The number of hydrogen-bond donors (Lipinski definition) is 2. The first-order valence-corrected chi connectivity index (χ1v) is 6.34. The molecule has 1 amide bonds. The Kier molecular flexibility index (Phi) is 3.59. The third-order valence-corrected chi connectivity index (χ3v) is 3.50. The maximum absolute atomic E-state index is 11.9. The number of hydrogen-bond acceptors (Lipinski definition) is 4. The fourth-order valence-corrected chi connectivity index (χ4v) is 2.43. The lowest BCUT2D eigenvalue weighted by Gasteiger charge is -2.07. The number of phenols is 1. The number of aliphatic imine (C=N–C) groups is 1. The summed E-state index contributed by atoms with van der Waals surface area (Å²) in [5.74, 6) is -0.415. The number of amides is 1. The van der Waals surface area contributed by atoms with E-state index in [-0.39, 0.29) is 21.9 Å². The normalized spacial score (nSPS) is 18.9. The highest BCUT2D eigenvalue weighted by atomic mass is 35.5. The standard InChI is InChI=1S/C11H11ClN2O2S/c1-6-2-3-8(15)7(4-6)10(16)14-11-13-5-9(12)17-11/h2-4,9,15H,5H2,1H3,(H,13,14,16). The van der Waals surface area contributed by atoms with Crippen LogP contribution in [0.5, 0.6) is 5.75 Å². The van der Waals surface area contributed by atoms with Crippen LogP contribution in [0.25, 0.3) is 0 Å². The molecule has 1 unspecified atom stereocenters. The number of thioether (sulfide) groups is 1. The Hall–Kier alpha value is -1.20. The first-order valence-electron chi connectivity index (χ1n) is 5.02. The molecule has 1 aromatic carbocycles. The zero-order valence-corrected chi connectivity index (χ0v) is 10.7. The average molecular weight is 271 g/mol. The van der Waals surface area contributed by atoms with Crippen molar-refractivity contribution >= 4 is 34.4 Å². The third kappa shape index (κ3) is 2.92. The molecule has 6 heteroatoms. The van der Waals surface area contributed by atoms with Gasteiger partial charge in [-0.05, 0) is 19.1 Å². The second kappa shape index (κ2) is 4.98. The Balaban J connectivity index is 2.12. The summed E-state index contributed by atoms with van der Waals surface area (Å²) >= 11 is 7.14. The summed E-state index contributed by atoms with van der Waals surface area (Å²) in [5.41, 5.74) is 1.15. The number of nitrogens with zero attached hydrogens (tertiary/aromatic N) is 1. The van der Waals surface area contributed by atoms with Crippen molar-refractivity contribution in [2.45, 2.75) is 11.6 Å². The van der Waals surface area contributed by atoms with Crippen LogP contribution in [0.2, 0.25) is 0 Å². The van der Waals surface area contributed by atoms with Crippen molar-refractivity contribution < 1.29 is 9.90 Å². The molecule has 0 aromatic heterocycles. The minimum absolute atomic E-state index is 0.0425. The second-order valence-corrected chi connectivity index (χ2v) is 5.63. The van der Waals surface area contributed by atoms with Crippen LogP contribution in [0, 0.1) is 6.92 Å². The molecule has 17 heavy (non-hydrogen) atoms. The SMILES string of the molecule is Cc1ccc(O)c(C(=O)NC2=NCC(Cl)S2)c1. The van der Waals surface area contributed by atoms with Gasteiger partial charge in [0.1, 0.15) is 10.5 Å². The summed E-state index contributed by atoms with van der Waals surface area (Å²) in [5, 5.41) is 12.7. The highest BCUT2D eigenvalue weighted by molar-refractivity contribution is 8.15. The number of aryl methyl sites for hydroxylation is 1. The Bertz CT molecular complexity index is 490. The smallest absolute Gasteiger partial charge is 0.260 e. The van der Waals surface area contributed by atoms with Crippen molar-refractivity contribution in [2.24, 2.45) is 4.99 Å². The van der Waals surface area contributed by atoms with Crippen molar-refractivity contribution in [3.05, 3.63) is 29.3 Å². The van der Waals surface area contributed by atoms with Crippen LogP contribution in [0.3, 0.4) is 0 Å². The monoisotopic (exact) mass is 270 g/mol. The van der Waals surface area contributed by atoms with Crippen molar-refractivity contribution in [1.82, 2.24) is 5.32 Å². The van der Waals surface area contributed by atoms with Crippen LogP contribution in [-0.4, -0.2) is 27.4 Å². The van der Waals surface area contributed by atoms with Gasteiger partial charge >= 0.3 is 0 Å². The molecule has 0 saturated carbocycles. The number of rotatable bonds is 1. The van der Waals surface area contributed by atoms with E-state index < -0.39 is 0 Å². The molecule has 1 heterocycles. The summed E-state index contributed by atoms with van der Waals surface area (Å²) in [6, 6.07) is 4.87. The lowest BCUT2D eigenvalue weighted by molar-refractivity contribution is 0.0975. The minimum Gasteiger partial charge on any atom is -0.507 e. The van der Waals surface area contributed by atoms with E-state index in [4.69, 9.17) is 11.6 Å². The first-order chi connectivity index (χ1) is 8.06. The topological polar surface area (TPSA) is 61.7 Å². The van der Waals surface area contributed by atoms with Gasteiger partial charge in [0, 0.05) is 0 Å². The molecule has 1 aromatic rings. The molecule has 2 rings (SSSR count). The Morgan fingerprint density at radius 3 is 3.06 bits per heavy atom. The van der Waals surface area contributed by atoms with E-state index in [9.17, 15) is 9.90 Å². The molecule has 1 aliphatic heterocycles. The molecular formula is C11H11ClN2O2S. The lowest BCUT2D eigenvalue weighted by Crippen LogP contribution is -2.27. The number of carbonyl (C=O) groups is 1. The molecule has 0 aliphatic carbocycles. The van der Waals surface area contributed by atoms with Crippen LogP contribution in [0.15, 0.2) is 23.2 Å². The number of alkyl halides is 1. The molecule has 4 nitrogen and oxygen atoms in total. The van der Waals surface area contributed by atoms with Crippen LogP contribution < -0.4 is 5.32 Å². The van der Waals surface area contributed by atoms with Gasteiger partial charge in [0.2, 0.25) is 0 Å². The van der Waals surface area contributed by atoms with Gasteiger partial charge in [-0.25, -0.2) is 0 Å². The van der Waals surface area contributed by atoms with E-state index in [0.717, 1.165) is 5.56 Å². The second-order valence-electron chi connectivity index (χ2n) is 3.65. The summed E-state index contributed by atoms with van der Waals surface area (Å²) < 4.78 is -0.128. The van der Waals surface area contributed by atoms with Crippen molar-refractivity contribution in [3.8, 4) is 5.75 Å². The molecule has 1 atom stereocenters. The predicted octanol–water partition coefficient (Wildman–Crippen LogP) is 2.10. The van der Waals surface area contributed by atoms with Crippen LogP contribution in [-0.2, 0) is 0 Å². The molecule has 1 aliphatic rings. The van der Waals surface area contributed by atoms with Crippen LogP contribution in [0.1, 0.15) is 15.9 Å².